The van der Waals surface area contributed by atoms with Gasteiger partial charge in [0.25, 0.3) is 0 Å². The van der Waals surface area contributed by atoms with E-state index in [-0.39, 0.29) is 6.03 Å². The number of aromatic nitrogens is 5. The average Bonchev–Trinajstić information content (AvgIpc) is 3.33. The number of amides is 2. The summed E-state index contributed by atoms with van der Waals surface area (Å²) in [5.41, 5.74) is 0. The van der Waals surface area contributed by atoms with Gasteiger partial charge in [-0.1, -0.05) is 0 Å². The summed E-state index contributed by atoms with van der Waals surface area (Å²) in [6.45, 7) is 4.87. The van der Waals surface area contributed by atoms with Gasteiger partial charge in [-0.25, -0.2) is 9.78 Å². The second-order valence-corrected chi connectivity index (χ2v) is 6.91. The second-order valence-electron chi connectivity index (χ2n) is 6.91. The summed E-state index contributed by atoms with van der Waals surface area (Å²) in [5.74, 6) is 2.28. The minimum Gasteiger partial charge on any atom is -0.378 e. The third-order valence-electron chi connectivity index (χ3n) is 5.29. The molecule has 0 aliphatic carbocycles. The molecular formula is C17H25N7O2. The van der Waals surface area contributed by atoms with E-state index in [1.54, 1.807) is 12.5 Å². The van der Waals surface area contributed by atoms with Crippen molar-refractivity contribution < 1.29 is 9.53 Å². The Morgan fingerprint density at radius 2 is 1.88 bits per heavy atom. The number of morpholine rings is 1. The van der Waals surface area contributed by atoms with Crippen LogP contribution in [-0.4, -0.2) is 79.5 Å². The second kappa shape index (κ2) is 7.45. The Morgan fingerprint density at radius 3 is 2.58 bits per heavy atom. The highest BCUT2D eigenvalue weighted by Crippen LogP contribution is 2.27. The summed E-state index contributed by atoms with van der Waals surface area (Å²) in [5, 5.41) is 8.78. The zero-order chi connectivity index (χ0) is 17.9. The number of hydrogen-bond acceptors (Lipinski definition) is 5. The molecule has 9 nitrogen and oxygen atoms in total. The molecule has 0 spiro atoms. The predicted molar refractivity (Wildman–Crippen MR) is 93.7 cm³/mol. The standard InChI is InChI=1S/C17H25N7O2/c1-21-15(12-22-7-4-18-13-22)19-20-16(21)14-2-5-23(6-3-14)17(25)24-8-10-26-11-9-24/h4,7,13-14H,2-3,5-6,8-12H2,1H3. The first-order valence-corrected chi connectivity index (χ1v) is 9.18. The molecule has 2 aliphatic rings. The van der Waals surface area contributed by atoms with Crippen molar-refractivity contribution in [3.63, 3.8) is 0 Å². The lowest BCUT2D eigenvalue weighted by Crippen LogP contribution is -2.50. The van der Waals surface area contributed by atoms with Crippen LogP contribution in [0.2, 0.25) is 0 Å². The van der Waals surface area contributed by atoms with Gasteiger partial charge in [-0.2, -0.15) is 0 Å². The fraction of sp³-hybridized carbons (Fsp3) is 0.647. The normalized spacial score (nSPS) is 19.1. The molecule has 0 saturated carbocycles. The van der Waals surface area contributed by atoms with Crippen LogP contribution in [0.3, 0.4) is 0 Å². The molecule has 0 atom stereocenters. The minimum atomic E-state index is 0.144. The molecule has 2 saturated heterocycles. The summed E-state index contributed by atoms with van der Waals surface area (Å²) in [4.78, 5) is 20.5. The van der Waals surface area contributed by atoms with Gasteiger partial charge in [0.15, 0.2) is 5.82 Å². The van der Waals surface area contributed by atoms with Gasteiger partial charge in [0, 0.05) is 51.5 Å². The number of nitrogens with zero attached hydrogens (tertiary/aromatic N) is 7. The molecule has 2 aromatic heterocycles. The number of imidazole rings is 1. The van der Waals surface area contributed by atoms with Crippen molar-refractivity contribution in [2.24, 2.45) is 7.05 Å². The van der Waals surface area contributed by atoms with Crippen molar-refractivity contribution >= 4 is 6.03 Å². The molecule has 0 bridgehead atoms. The maximum absolute atomic E-state index is 12.6. The zero-order valence-corrected chi connectivity index (χ0v) is 15.1. The monoisotopic (exact) mass is 359 g/mol. The van der Waals surface area contributed by atoms with E-state index in [0.717, 1.165) is 37.6 Å². The topological polar surface area (TPSA) is 81.3 Å². The third-order valence-corrected chi connectivity index (χ3v) is 5.29. The number of carbonyl (C=O) groups excluding carboxylic acids is 1. The summed E-state index contributed by atoms with van der Waals surface area (Å²) in [7, 11) is 2.02. The van der Waals surface area contributed by atoms with Crippen LogP contribution < -0.4 is 0 Å². The van der Waals surface area contributed by atoms with E-state index < -0.39 is 0 Å². The molecule has 140 valence electrons. The Morgan fingerprint density at radius 1 is 1.15 bits per heavy atom. The highest BCUT2D eigenvalue weighted by atomic mass is 16.5. The summed E-state index contributed by atoms with van der Waals surface area (Å²) in [6.07, 6.45) is 7.31. The lowest BCUT2D eigenvalue weighted by Gasteiger charge is -2.36. The van der Waals surface area contributed by atoms with E-state index in [4.69, 9.17) is 4.74 Å². The highest BCUT2D eigenvalue weighted by molar-refractivity contribution is 5.74. The molecule has 0 aromatic carbocycles. The van der Waals surface area contributed by atoms with Crippen LogP contribution in [-0.2, 0) is 18.3 Å². The first kappa shape index (κ1) is 17.0. The van der Waals surface area contributed by atoms with E-state index in [1.165, 1.54) is 0 Å². The maximum atomic E-state index is 12.6. The van der Waals surface area contributed by atoms with Crippen molar-refractivity contribution in [2.45, 2.75) is 25.3 Å². The van der Waals surface area contributed by atoms with Crippen LogP contribution in [0.5, 0.6) is 0 Å². The Kier molecular flexibility index (Phi) is 4.87. The van der Waals surface area contributed by atoms with Crippen LogP contribution in [0.15, 0.2) is 18.7 Å². The molecule has 2 aliphatic heterocycles. The van der Waals surface area contributed by atoms with Gasteiger partial charge in [-0.3, -0.25) is 0 Å². The van der Waals surface area contributed by atoms with Gasteiger partial charge in [0.05, 0.1) is 26.1 Å². The van der Waals surface area contributed by atoms with Gasteiger partial charge in [0.1, 0.15) is 5.82 Å². The smallest absolute Gasteiger partial charge is 0.320 e. The molecule has 0 unspecified atom stereocenters. The molecule has 9 heteroatoms. The van der Waals surface area contributed by atoms with Crippen LogP contribution in [0.4, 0.5) is 4.79 Å². The molecule has 26 heavy (non-hydrogen) atoms. The summed E-state index contributed by atoms with van der Waals surface area (Å²) in [6, 6.07) is 0.144. The van der Waals surface area contributed by atoms with Crippen molar-refractivity contribution in [1.29, 1.82) is 0 Å². The average molecular weight is 359 g/mol. The predicted octanol–water partition coefficient (Wildman–Crippen LogP) is 0.692. The molecule has 4 heterocycles. The van der Waals surface area contributed by atoms with E-state index in [0.29, 0.717) is 38.8 Å². The summed E-state index contributed by atoms with van der Waals surface area (Å²) < 4.78 is 9.40. The molecule has 0 radical (unpaired) electrons. The SMILES string of the molecule is Cn1c(Cn2ccnc2)nnc1C1CCN(C(=O)N2CCOCC2)CC1. The number of rotatable bonds is 3. The highest BCUT2D eigenvalue weighted by Gasteiger charge is 2.30. The van der Waals surface area contributed by atoms with Gasteiger partial charge in [-0.05, 0) is 12.8 Å². The first-order chi connectivity index (χ1) is 12.7. The van der Waals surface area contributed by atoms with Crippen molar-refractivity contribution in [3.05, 3.63) is 30.4 Å². The zero-order valence-electron chi connectivity index (χ0n) is 15.1. The Labute approximate surface area is 152 Å². The molecule has 0 N–H and O–H groups in total. The fourth-order valence-electron chi connectivity index (χ4n) is 3.70. The quantitative estimate of drug-likeness (QED) is 0.805. The molecule has 2 aromatic rings. The first-order valence-electron chi connectivity index (χ1n) is 9.18. The van der Waals surface area contributed by atoms with Crippen LogP contribution in [0, 0.1) is 0 Å². The maximum Gasteiger partial charge on any atom is 0.320 e. The van der Waals surface area contributed by atoms with Crippen LogP contribution in [0.25, 0.3) is 0 Å². The van der Waals surface area contributed by atoms with E-state index in [1.807, 2.05) is 27.6 Å². The minimum absolute atomic E-state index is 0.144. The Hall–Kier alpha value is -2.42. The number of ether oxygens (including phenoxy) is 1. The molecule has 4 rings (SSSR count). The lowest BCUT2D eigenvalue weighted by molar-refractivity contribution is 0.0410. The number of likely N-dealkylation sites (tertiary alicyclic amines) is 1. The van der Waals surface area contributed by atoms with Crippen LogP contribution >= 0.6 is 0 Å². The number of hydrogen-bond donors (Lipinski definition) is 0. The molecule has 2 amide bonds. The largest absolute Gasteiger partial charge is 0.378 e. The number of piperidine rings is 1. The van der Waals surface area contributed by atoms with Crippen molar-refractivity contribution in [3.8, 4) is 0 Å². The number of urea groups is 1. The Bertz CT molecular complexity index is 728. The number of carbonyl (C=O) groups is 1. The third kappa shape index (κ3) is 3.44. The van der Waals surface area contributed by atoms with E-state index in [9.17, 15) is 4.79 Å². The fourth-order valence-corrected chi connectivity index (χ4v) is 3.70. The van der Waals surface area contributed by atoms with Crippen LogP contribution in [0.1, 0.15) is 30.4 Å². The van der Waals surface area contributed by atoms with Gasteiger partial charge >= 0.3 is 6.03 Å². The molecule has 2 fully saturated rings. The molecular weight excluding hydrogens is 334 g/mol. The van der Waals surface area contributed by atoms with Gasteiger partial charge in [0.2, 0.25) is 0 Å². The summed E-state index contributed by atoms with van der Waals surface area (Å²) >= 11 is 0. The van der Waals surface area contributed by atoms with Gasteiger partial charge in [-0.15, -0.1) is 10.2 Å². The van der Waals surface area contributed by atoms with Crippen molar-refractivity contribution in [2.75, 3.05) is 39.4 Å². The lowest BCUT2D eigenvalue weighted by atomic mass is 9.96. The Balaban J connectivity index is 1.36. The van der Waals surface area contributed by atoms with E-state index in [2.05, 4.69) is 19.7 Å². The van der Waals surface area contributed by atoms with Crippen molar-refractivity contribution in [1.82, 2.24) is 34.1 Å². The van der Waals surface area contributed by atoms with Gasteiger partial charge < -0.3 is 23.7 Å². The van der Waals surface area contributed by atoms with E-state index >= 15 is 0 Å².